The third-order valence-electron chi connectivity index (χ3n) is 4.19. The van der Waals surface area contributed by atoms with E-state index < -0.39 is 35.7 Å². The summed E-state index contributed by atoms with van der Waals surface area (Å²) in [7, 11) is 3.25. The summed E-state index contributed by atoms with van der Waals surface area (Å²) in [6.07, 6.45) is -0.413. The standard InChI is InChI=1S/C23H28N2O5.C2H6O/c1-23(2,3)30-22(29)25-18(14-16-10-6-4-7-11-16)20(26)24-19(21(27)28)15-17-12-8-5-9-13-17;1-3-2/h4-13,18-19H,14-15H2,1-3H3,(H,24,26)(H,25,29)(H,27,28);1-2H3/t18-,19-;/m0./s1. The number of hydrogen-bond donors (Lipinski definition) is 3. The van der Waals surface area contributed by atoms with Gasteiger partial charge in [0.25, 0.3) is 0 Å². The number of carbonyl (C=O) groups is 3. The maximum atomic E-state index is 12.9. The molecule has 0 aliphatic rings. The van der Waals surface area contributed by atoms with Crippen LogP contribution in [0.5, 0.6) is 0 Å². The van der Waals surface area contributed by atoms with E-state index >= 15 is 0 Å². The molecule has 3 N–H and O–H groups in total. The fraction of sp³-hybridized carbons (Fsp3) is 0.400. The van der Waals surface area contributed by atoms with Crippen LogP contribution < -0.4 is 10.6 Å². The number of rotatable bonds is 8. The topological polar surface area (TPSA) is 114 Å². The third kappa shape index (κ3) is 11.7. The van der Waals surface area contributed by atoms with Gasteiger partial charge in [-0.3, -0.25) is 4.79 Å². The first-order valence-corrected chi connectivity index (χ1v) is 10.6. The van der Waals surface area contributed by atoms with Gasteiger partial charge in [0.1, 0.15) is 17.7 Å². The summed E-state index contributed by atoms with van der Waals surface area (Å²) in [6.45, 7) is 5.16. The van der Waals surface area contributed by atoms with Gasteiger partial charge in [0, 0.05) is 27.1 Å². The molecule has 0 spiro atoms. The molecule has 0 fully saturated rings. The number of aliphatic carboxylic acids is 1. The number of carboxylic acid groups (broad SMARTS) is 1. The Kier molecular flexibility index (Phi) is 11.6. The second kappa shape index (κ2) is 13.9. The zero-order valence-corrected chi connectivity index (χ0v) is 19.8. The highest BCUT2D eigenvalue weighted by Gasteiger charge is 2.28. The fourth-order valence-corrected chi connectivity index (χ4v) is 2.83. The SMILES string of the molecule is CC(C)(C)OC(=O)N[C@@H](Cc1ccccc1)C(=O)N[C@@H](Cc1ccccc1)C(=O)O.COC. The highest BCUT2D eigenvalue weighted by atomic mass is 16.6. The molecule has 0 aromatic heterocycles. The van der Waals surface area contributed by atoms with Gasteiger partial charge in [-0.25, -0.2) is 9.59 Å². The summed E-state index contributed by atoms with van der Waals surface area (Å²) >= 11 is 0. The zero-order valence-electron chi connectivity index (χ0n) is 19.8. The van der Waals surface area contributed by atoms with E-state index in [-0.39, 0.29) is 12.8 Å². The first kappa shape index (κ1) is 27.6. The second-order valence-electron chi connectivity index (χ2n) is 8.39. The Labute approximate surface area is 195 Å². The van der Waals surface area contributed by atoms with Gasteiger partial charge in [-0.1, -0.05) is 60.7 Å². The molecule has 0 radical (unpaired) electrons. The van der Waals surface area contributed by atoms with E-state index in [1.807, 2.05) is 36.4 Å². The van der Waals surface area contributed by atoms with Gasteiger partial charge in [0.2, 0.25) is 5.91 Å². The van der Waals surface area contributed by atoms with Crippen LogP contribution in [-0.4, -0.2) is 55.0 Å². The minimum Gasteiger partial charge on any atom is -0.480 e. The maximum absolute atomic E-state index is 12.9. The third-order valence-corrected chi connectivity index (χ3v) is 4.19. The Bertz CT molecular complexity index is 865. The van der Waals surface area contributed by atoms with E-state index in [9.17, 15) is 19.5 Å². The van der Waals surface area contributed by atoms with Gasteiger partial charge in [-0.05, 0) is 31.9 Å². The lowest BCUT2D eigenvalue weighted by Crippen LogP contribution is -2.53. The molecule has 2 atom stereocenters. The molecule has 0 aliphatic heterocycles. The molecule has 180 valence electrons. The Hall–Kier alpha value is -3.39. The normalized spacial score (nSPS) is 12.4. The van der Waals surface area contributed by atoms with Gasteiger partial charge < -0.3 is 25.2 Å². The average Bonchev–Trinajstić information content (AvgIpc) is 2.73. The largest absolute Gasteiger partial charge is 0.480 e. The van der Waals surface area contributed by atoms with Crippen molar-refractivity contribution in [3.05, 3.63) is 71.8 Å². The number of ether oxygens (including phenoxy) is 2. The van der Waals surface area contributed by atoms with Crippen molar-refractivity contribution >= 4 is 18.0 Å². The predicted octanol–water partition coefficient (Wildman–Crippen LogP) is 3.20. The summed E-state index contributed by atoms with van der Waals surface area (Å²) in [6, 6.07) is 16.1. The maximum Gasteiger partial charge on any atom is 0.408 e. The van der Waals surface area contributed by atoms with Crippen molar-refractivity contribution in [3.63, 3.8) is 0 Å². The monoisotopic (exact) mass is 458 g/mol. The van der Waals surface area contributed by atoms with Crippen molar-refractivity contribution in [3.8, 4) is 0 Å². The molecule has 0 heterocycles. The molecule has 0 unspecified atom stereocenters. The van der Waals surface area contributed by atoms with Crippen molar-refractivity contribution in [2.75, 3.05) is 14.2 Å². The van der Waals surface area contributed by atoms with E-state index in [2.05, 4.69) is 15.4 Å². The molecular weight excluding hydrogens is 424 g/mol. The van der Waals surface area contributed by atoms with Crippen molar-refractivity contribution in [1.29, 1.82) is 0 Å². The molecule has 0 bridgehead atoms. The summed E-state index contributed by atoms with van der Waals surface area (Å²) < 4.78 is 9.51. The number of carbonyl (C=O) groups excluding carboxylic acids is 2. The number of amides is 2. The summed E-state index contributed by atoms with van der Waals surface area (Å²) in [4.78, 5) is 36.9. The lowest BCUT2D eigenvalue weighted by molar-refractivity contribution is -0.142. The quantitative estimate of drug-likeness (QED) is 0.560. The van der Waals surface area contributed by atoms with E-state index in [4.69, 9.17) is 4.74 Å². The van der Waals surface area contributed by atoms with Crippen LogP contribution in [0.2, 0.25) is 0 Å². The first-order chi connectivity index (χ1) is 15.6. The zero-order chi connectivity index (χ0) is 24.9. The minimum absolute atomic E-state index is 0.131. The van der Waals surface area contributed by atoms with Crippen molar-refractivity contribution < 1.29 is 29.0 Å². The average molecular weight is 459 g/mol. The Balaban J connectivity index is 0.00000172. The number of alkyl carbamates (subject to hydrolysis) is 1. The number of hydrogen-bond acceptors (Lipinski definition) is 5. The summed E-state index contributed by atoms with van der Waals surface area (Å²) in [5.41, 5.74) is 0.878. The van der Waals surface area contributed by atoms with Gasteiger partial charge in [0.05, 0.1) is 0 Å². The molecule has 0 aliphatic carbocycles. The molecule has 2 rings (SSSR count). The van der Waals surface area contributed by atoms with E-state index in [1.165, 1.54) is 0 Å². The van der Waals surface area contributed by atoms with Crippen LogP contribution >= 0.6 is 0 Å². The second-order valence-corrected chi connectivity index (χ2v) is 8.39. The molecule has 2 aromatic carbocycles. The molecular formula is C25H34N2O6. The van der Waals surface area contributed by atoms with Crippen LogP contribution in [0.25, 0.3) is 0 Å². The van der Waals surface area contributed by atoms with Crippen LogP contribution in [0.1, 0.15) is 31.9 Å². The highest BCUT2D eigenvalue weighted by Crippen LogP contribution is 2.10. The molecule has 0 saturated carbocycles. The highest BCUT2D eigenvalue weighted by molar-refractivity contribution is 5.89. The number of nitrogens with one attached hydrogen (secondary N) is 2. The Morgan fingerprint density at radius 1 is 0.818 bits per heavy atom. The van der Waals surface area contributed by atoms with E-state index in [1.54, 1.807) is 59.3 Å². The Morgan fingerprint density at radius 3 is 1.64 bits per heavy atom. The number of benzene rings is 2. The van der Waals surface area contributed by atoms with Gasteiger partial charge in [0.15, 0.2) is 0 Å². The molecule has 8 heteroatoms. The van der Waals surface area contributed by atoms with Gasteiger partial charge in [-0.2, -0.15) is 0 Å². The first-order valence-electron chi connectivity index (χ1n) is 10.6. The molecule has 0 saturated heterocycles. The van der Waals surface area contributed by atoms with Gasteiger partial charge in [-0.15, -0.1) is 0 Å². The predicted molar refractivity (Wildman–Crippen MR) is 126 cm³/mol. The minimum atomic E-state index is -1.15. The van der Waals surface area contributed by atoms with Gasteiger partial charge >= 0.3 is 12.1 Å². The number of carboxylic acids is 1. The number of methoxy groups -OCH3 is 1. The van der Waals surface area contributed by atoms with Crippen molar-refractivity contribution in [2.45, 2.75) is 51.3 Å². The van der Waals surface area contributed by atoms with Crippen LogP contribution in [0, 0.1) is 0 Å². The van der Waals surface area contributed by atoms with Crippen molar-refractivity contribution in [1.82, 2.24) is 10.6 Å². The lowest BCUT2D eigenvalue weighted by atomic mass is 10.0. The summed E-state index contributed by atoms with van der Waals surface area (Å²) in [5.74, 6) is -1.74. The van der Waals surface area contributed by atoms with Crippen LogP contribution in [-0.2, 0) is 31.9 Å². The fourth-order valence-electron chi connectivity index (χ4n) is 2.83. The smallest absolute Gasteiger partial charge is 0.408 e. The molecule has 2 amide bonds. The summed E-state index contributed by atoms with van der Waals surface area (Å²) in [5, 5.41) is 14.7. The Morgan fingerprint density at radius 2 is 1.24 bits per heavy atom. The van der Waals surface area contributed by atoms with E-state index in [0.29, 0.717) is 0 Å². The van der Waals surface area contributed by atoms with E-state index in [0.717, 1.165) is 11.1 Å². The van der Waals surface area contributed by atoms with Crippen LogP contribution in [0.3, 0.4) is 0 Å². The molecule has 2 aromatic rings. The molecule has 8 nitrogen and oxygen atoms in total. The van der Waals surface area contributed by atoms with Crippen LogP contribution in [0.15, 0.2) is 60.7 Å². The molecule has 33 heavy (non-hydrogen) atoms. The lowest BCUT2D eigenvalue weighted by Gasteiger charge is -2.24. The van der Waals surface area contributed by atoms with Crippen molar-refractivity contribution in [2.24, 2.45) is 0 Å². The van der Waals surface area contributed by atoms with Crippen LogP contribution in [0.4, 0.5) is 4.79 Å².